The van der Waals surface area contributed by atoms with Crippen LogP contribution in [-0.2, 0) is 18.0 Å². The van der Waals surface area contributed by atoms with Gasteiger partial charge in [0.05, 0.1) is 19.3 Å². The highest BCUT2D eigenvalue weighted by Gasteiger charge is 2.11. The molecule has 138 valence electrons. The summed E-state index contributed by atoms with van der Waals surface area (Å²) < 4.78 is 5.05. The van der Waals surface area contributed by atoms with E-state index in [0.29, 0.717) is 30.3 Å². The third-order valence-electron chi connectivity index (χ3n) is 3.91. The molecule has 6 nitrogen and oxygen atoms in total. The van der Waals surface area contributed by atoms with E-state index in [0.717, 1.165) is 11.1 Å². The van der Waals surface area contributed by atoms with Crippen molar-refractivity contribution in [1.29, 1.82) is 0 Å². The minimum atomic E-state index is -0.304. The lowest BCUT2D eigenvalue weighted by atomic mass is 10.1. The Hall–Kier alpha value is -3.38. The van der Waals surface area contributed by atoms with Gasteiger partial charge in [0.2, 0.25) is 5.88 Å². The van der Waals surface area contributed by atoms with Crippen molar-refractivity contribution in [1.82, 2.24) is 10.5 Å². The van der Waals surface area contributed by atoms with E-state index < -0.39 is 0 Å². The highest BCUT2D eigenvalue weighted by molar-refractivity contribution is 5.98. The quantitative estimate of drug-likeness (QED) is 0.599. The lowest BCUT2D eigenvalue weighted by Gasteiger charge is -2.12. The molecule has 1 heterocycles. The van der Waals surface area contributed by atoms with Crippen molar-refractivity contribution in [2.24, 2.45) is 0 Å². The highest BCUT2D eigenvalue weighted by Crippen LogP contribution is 2.17. The normalized spacial score (nSPS) is 10.3. The number of aromatic nitrogens is 1. The first-order valence-corrected chi connectivity index (χ1v) is 8.54. The number of hydrogen-bond acceptors (Lipinski definition) is 5. The molecule has 1 aromatic heterocycles. The van der Waals surface area contributed by atoms with E-state index >= 15 is 0 Å². The Balaban J connectivity index is 1.58. The minimum absolute atomic E-state index is 0.304. The predicted octanol–water partition coefficient (Wildman–Crippen LogP) is 3.56. The summed E-state index contributed by atoms with van der Waals surface area (Å²) in [5, 5.41) is 3.26. The first kappa shape index (κ1) is 18.4. The lowest BCUT2D eigenvalue weighted by Crippen LogP contribution is -2.24. The molecule has 27 heavy (non-hydrogen) atoms. The maximum atomic E-state index is 12.4. The Morgan fingerprint density at radius 1 is 0.963 bits per heavy atom. The van der Waals surface area contributed by atoms with Crippen LogP contribution in [0.3, 0.4) is 0 Å². The molecule has 0 aliphatic heterocycles. The van der Waals surface area contributed by atoms with E-state index in [1.807, 2.05) is 54.6 Å². The maximum Gasteiger partial charge on any atom is 0.276 e. The van der Waals surface area contributed by atoms with Gasteiger partial charge in [0.1, 0.15) is 0 Å². The number of ether oxygens (including phenoxy) is 1. The Morgan fingerprint density at radius 3 is 2.48 bits per heavy atom. The van der Waals surface area contributed by atoms with Crippen LogP contribution in [0.15, 0.2) is 72.9 Å². The summed E-state index contributed by atoms with van der Waals surface area (Å²) in [6.45, 7) is 0.839. The Morgan fingerprint density at radius 2 is 1.74 bits per heavy atom. The Labute approximate surface area is 158 Å². The molecule has 0 unspecified atom stereocenters. The van der Waals surface area contributed by atoms with Gasteiger partial charge in [-0.1, -0.05) is 48.5 Å². The largest absolute Gasteiger partial charge is 0.481 e. The molecule has 2 aromatic carbocycles. The number of nitrogens with zero attached hydrogens (tertiary/aromatic N) is 1. The first-order chi connectivity index (χ1) is 13.3. The number of anilines is 1. The third-order valence-corrected chi connectivity index (χ3v) is 3.91. The van der Waals surface area contributed by atoms with E-state index in [-0.39, 0.29) is 5.91 Å². The summed E-state index contributed by atoms with van der Waals surface area (Å²) in [4.78, 5) is 21.9. The SMILES string of the molecule is COc1ccc(CNc2ccccc2C(=O)NOCc2ccccc2)cn1. The molecule has 1 amide bonds. The van der Waals surface area contributed by atoms with Crippen molar-refractivity contribution in [3.05, 3.63) is 89.6 Å². The minimum Gasteiger partial charge on any atom is -0.481 e. The van der Waals surface area contributed by atoms with Gasteiger partial charge in [-0.3, -0.25) is 9.63 Å². The summed E-state index contributed by atoms with van der Waals surface area (Å²) in [5.41, 5.74) is 5.68. The Bertz CT molecular complexity index is 867. The summed E-state index contributed by atoms with van der Waals surface area (Å²) in [6.07, 6.45) is 1.73. The van der Waals surface area contributed by atoms with Crippen LogP contribution < -0.4 is 15.5 Å². The molecule has 2 N–H and O–H groups in total. The molecule has 0 radical (unpaired) electrons. The second-order valence-electron chi connectivity index (χ2n) is 5.81. The molecular weight excluding hydrogens is 342 g/mol. The van der Waals surface area contributed by atoms with Crippen LogP contribution in [0.25, 0.3) is 0 Å². The van der Waals surface area contributed by atoms with Gasteiger partial charge in [0.25, 0.3) is 5.91 Å². The molecular formula is C21H21N3O3. The molecule has 3 aromatic rings. The zero-order valence-corrected chi connectivity index (χ0v) is 15.0. The third kappa shape index (κ3) is 5.29. The van der Waals surface area contributed by atoms with Gasteiger partial charge in [-0.2, -0.15) is 0 Å². The van der Waals surface area contributed by atoms with Crippen LogP contribution in [0.1, 0.15) is 21.5 Å². The second kappa shape index (κ2) is 9.35. The van der Waals surface area contributed by atoms with Gasteiger partial charge in [-0.15, -0.1) is 0 Å². The summed E-state index contributed by atoms with van der Waals surface area (Å²) in [7, 11) is 1.58. The van der Waals surface area contributed by atoms with Crippen LogP contribution >= 0.6 is 0 Å². The fourth-order valence-corrected chi connectivity index (χ4v) is 2.48. The topological polar surface area (TPSA) is 72.5 Å². The number of para-hydroxylation sites is 1. The van der Waals surface area contributed by atoms with E-state index in [1.165, 1.54) is 0 Å². The average molecular weight is 363 g/mol. The smallest absolute Gasteiger partial charge is 0.276 e. The number of benzene rings is 2. The zero-order chi connectivity index (χ0) is 18.9. The monoisotopic (exact) mass is 363 g/mol. The van der Waals surface area contributed by atoms with Crippen molar-refractivity contribution >= 4 is 11.6 Å². The summed E-state index contributed by atoms with van der Waals surface area (Å²) >= 11 is 0. The van der Waals surface area contributed by atoms with Crippen molar-refractivity contribution in [3.8, 4) is 5.88 Å². The van der Waals surface area contributed by atoms with Crippen molar-refractivity contribution in [3.63, 3.8) is 0 Å². The molecule has 3 rings (SSSR count). The Kier molecular flexibility index (Phi) is 6.38. The van der Waals surface area contributed by atoms with Crippen molar-refractivity contribution < 1.29 is 14.4 Å². The molecule has 0 saturated heterocycles. The number of rotatable bonds is 8. The van der Waals surface area contributed by atoms with Crippen LogP contribution in [-0.4, -0.2) is 18.0 Å². The molecule has 0 bridgehead atoms. The number of hydroxylamine groups is 1. The van der Waals surface area contributed by atoms with E-state index in [1.54, 1.807) is 25.4 Å². The van der Waals surface area contributed by atoms with Gasteiger partial charge in [-0.05, 0) is 23.3 Å². The molecule has 0 fully saturated rings. The average Bonchev–Trinajstić information content (AvgIpc) is 2.73. The number of nitrogens with one attached hydrogen (secondary N) is 2. The van der Waals surface area contributed by atoms with Crippen LogP contribution in [0, 0.1) is 0 Å². The molecule has 0 atom stereocenters. The van der Waals surface area contributed by atoms with Crippen LogP contribution in [0.5, 0.6) is 5.88 Å². The first-order valence-electron chi connectivity index (χ1n) is 8.54. The zero-order valence-electron chi connectivity index (χ0n) is 15.0. The molecule has 0 saturated carbocycles. The van der Waals surface area contributed by atoms with Gasteiger partial charge >= 0.3 is 0 Å². The number of hydrogen-bond donors (Lipinski definition) is 2. The summed E-state index contributed by atoms with van der Waals surface area (Å²) in [6, 6.07) is 20.7. The fraction of sp³-hybridized carbons (Fsp3) is 0.143. The maximum absolute atomic E-state index is 12.4. The number of amides is 1. The van der Waals surface area contributed by atoms with Gasteiger partial charge < -0.3 is 10.1 Å². The summed E-state index contributed by atoms with van der Waals surface area (Å²) in [5.74, 6) is 0.260. The van der Waals surface area contributed by atoms with Crippen molar-refractivity contribution in [2.75, 3.05) is 12.4 Å². The highest BCUT2D eigenvalue weighted by atomic mass is 16.6. The van der Waals surface area contributed by atoms with Gasteiger partial charge in [0.15, 0.2) is 0 Å². The van der Waals surface area contributed by atoms with Crippen molar-refractivity contribution in [2.45, 2.75) is 13.2 Å². The number of pyridine rings is 1. The van der Waals surface area contributed by atoms with Gasteiger partial charge in [-0.25, -0.2) is 10.5 Å². The second-order valence-corrected chi connectivity index (χ2v) is 5.81. The molecule has 0 aliphatic rings. The van der Waals surface area contributed by atoms with Crippen LogP contribution in [0.2, 0.25) is 0 Å². The number of carbonyl (C=O) groups excluding carboxylic acids is 1. The number of methoxy groups -OCH3 is 1. The number of carbonyl (C=O) groups is 1. The molecule has 0 spiro atoms. The lowest BCUT2D eigenvalue weighted by molar-refractivity contribution is 0.0234. The molecule has 6 heteroatoms. The van der Waals surface area contributed by atoms with Crippen LogP contribution in [0.4, 0.5) is 5.69 Å². The van der Waals surface area contributed by atoms with Gasteiger partial charge in [0, 0.05) is 24.5 Å². The van der Waals surface area contributed by atoms with E-state index in [9.17, 15) is 4.79 Å². The standard InChI is InChI=1S/C21H21N3O3/c1-26-20-12-11-17(14-23-20)13-22-19-10-6-5-9-18(19)21(25)24-27-15-16-7-3-2-4-8-16/h2-12,14,22H,13,15H2,1H3,(H,24,25). The predicted molar refractivity (Wildman–Crippen MR) is 103 cm³/mol. The van der Waals surface area contributed by atoms with E-state index in [2.05, 4.69) is 15.8 Å². The fourth-order valence-electron chi connectivity index (χ4n) is 2.48. The van der Waals surface area contributed by atoms with E-state index in [4.69, 9.17) is 9.57 Å². The molecule has 0 aliphatic carbocycles.